The SMILES string of the molecule is O=C1c2cccc3cccc(c23)C(=O)N1CCCCCCNCc1ccccn1. The van der Waals surface area contributed by atoms with Crippen LogP contribution in [0, 0.1) is 0 Å². The predicted octanol–water partition coefficient (Wildman–Crippen LogP) is 4.18. The van der Waals surface area contributed by atoms with Crippen LogP contribution >= 0.6 is 0 Å². The van der Waals surface area contributed by atoms with Gasteiger partial charge in [-0.1, -0.05) is 43.2 Å². The van der Waals surface area contributed by atoms with Crippen LogP contribution < -0.4 is 5.32 Å². The minimum atomic E-state index is -0.170. The summed E-state index contributed by atoms with van der Waals surface area (Å²) < 4.78 is 0. The van der Waals surface area contributed by atoms with Crippen molar-refractivity contribution in [2.45, 2.75) is 32.2 Å². The van der Waals surface area contributed by atoms with Gasteiger partial charge in [-0.2, -0.15) is 0 Å². The van der Waals surface area contributed by atoms with E-state index >= 15 is 0 Å². The Kier molecular flexibility index (Phi) is 5.96. The molecule has 1 aliphatic heterocycles. The van der Waals surface area contributed by atoms with E-state index in [1.807, 2.05) is 54.6 Å². The highest BCUT2D eigenvalue weighted by Gasteiger charge is 2.31. The van der Waals surface area contributed by atoms with E-state index in [0.29, 0.717) is 17.7 Å². The number of carbonyl (C=O) groups excluding carboxylic acids is 2. The summed E-state index contributed by atoms with van der Waals surface area (Å²) in [5, 5.41) is 5.13. The quantitative estimate of drug-likeness (QED) is 0.442. The van der Waals surface area contributed by atoms with E-state index in [4.69, 9.17) is 0 Å². The van der Waals surface area contributed by atoms with Crippen LogP contribution in [0.15, 0.2) is 60.8 Å². The molecule has 0 spiro atoms. The second-order valence-electron chi connectivity index (χ2n) is 7.38. The average Bonchev–Trinajstić information content (AvgIpc) is 2.76. The third-order valence-corrected chi connectivity index (χ3v) is 5.37. The molecule has 0 unspecified atom stereocenters. The molecule has 0 fully saturated rings. The molecule has 1 aromatic heterocycles. The Morgan fingerprint density at radius 3 is 2.21 bits per heavy atom. The first kappa shape index (κ1) is 19.3. The van der Waals surface area contributed by atoms with E-state index in [2.05, 4.69) is 10.3 Å². The molecule has 0 saturated carbocycles. The standard InChI is InChI=1S/C24H25N3O2/c28-23-20-12-7-9-18-10-8-13-21(22(18)20)24(29)27(23)16-6-2-1-4-14-25-17-19-11-3-5-15-26-19/h3,5,7-13,15,25H,1-2,4,6,14,16-17H2. The van der Waals surface area contributed by atoms with Crippen LogP contribution in [-0.4, -0.2) is 34.8 Å². The summed E-state index contributed by atoms with van der Waals surface area (Å²) in [6.07, 6.45) is 5.76. The molecule has 148 valence electrons. The predicted molar refractivity (Wildman–Crippen MR) is 114 cm³/mol. The topological polar surface area (TPSA) is 62.3 Å². The summed E-state index contributed by atoms with van der Waals surface area (Å²) in [4.78, 5) is 31.4. The van der Waals surface area contributed by atoms with E-state index in [9.17, 15) is 9.59 Å². The van der Waals surface area contributed by atoms with Gasteiger partial charge in [-0.05, 0) is 49.0 Å². The fraction of sp³-hybridized carbons (Fsp3) is 0.292. The van der Waals surface area contributed by atoms with Gasteiger partial charge < -0.3 is 5.32 Å². The van der Waals surface area contributed by atoms with Gasteiger partial charge in [0.15, 0.2) is 0 Å². The normalized spacial score (nSPS) is 13.3. The van der Waals surface area contributed by atoms with E-state index in [1.54, 1.807) is 6.20 Å². The van der Waals surface area contributed by atoms with Crippen molar-refractivity contribution in [1.29, 1.82) is 0 Å². The molecular weight excluding hydrogens is 362 g/mol. The summed E-state index contributed by atoms with van der Waals surface area (Å²) in [7, 11) is 0. The maximum atomic E-state index is 12.8. The summed E-state index contributed by atoms with van der Waals surface area (Å²) >= 11 is 0. The van der Waals surface area contributed by atoms with Crippen molar-refractivity contribution in [1.82, 2.24) is 15.2 Å². The van der Waals surface area contributed by atoms with Gasteiger partial charge in [-0.3, -0.25) is 19.5 Å². The number of rotatable bonds is 9. The van der Waals surface area contributed by atoms with Gasteiger partial charge in [0.05, 0.1) is 5.69 Å². The number of benzene rings is 2. The molecule has 0 radical (unpaired) electrons. The van der Waals surface area contributed by atoms with Crippen LogP contribution in [0.25, 0.3) is 10.8 Å². The van der Waals surface area contributed by atoms with Gasteiger partial charge in [-0.25, -0.2) is 0 Å². The summed E-state index contributed by atoms with van der Waals surface area (Å²) in [6.45, 7) is 2.19. The monoisotopic (exact) mass is 387 g/mol. The van der Waals surface area contributed by atoms with Crippen molar-refractivity contribution in [2.24, 2.45) is 0 Å². The smallest absolute Gasteiger partial charge is 0.261 e. The number of amides is 2. The van der Waals surface area contributed by atoms with Crippen LogP contribution in [0.4, 0.5) is 0 Å². The fourth-order valence-electron chi connectivity index (χ4n) is 3.88. The lowest BCUT2D eigenvalue weighted by Crippen LogP contribution is -2.40. The lowest BCUT2D eigenvalue weighted by molar-refractivity contribution is 0.0607. The van der Waals surface area contributed by atoms with Crippen molar-refractivity contribution in [2.75, 3.05) is 13.1 Å². The minimum Gasteiger partial charge on any atom is -0.311 e. The highest BCUT2D eigenvalue weighted by atomic mass is 16.2. The number of unbranched alkanes of at least 4 members (excludes halogenated alkanes) is 3. The van der Waals surface area contributed by atoms with Crippen molar-refractivity contribution < 1.29 is 9.59 Å². The zero-order valence-corrected chi connectivity index (χ0v) is 16.4. The Morgan fingerprint density at radius 2 is 1.52 bits per heavy atom. The molecule has 4 rings (SSSR count). The molecule has 0 aliphatic carbocycles. The van der Waals surface area contributed by atoms with Gasteiger partial charge in [-0.15, -0.1) is 0 Å². The number of hydrogen-bond donors (Lipinski definition) is 1. The number of aromatic nitrogens is 1. The summed E-state index contributed by atoms with van der Waals surface area (Å²) in [6, 6.07) is 17.2. The van der Waals surface area contributed by atoms with Crippen molar-refractivity contribution in [3.63, 3.8) is 0 Å². The van der Waals surface area contributed by atoms with Crippen molar-refractivity contribution in [3.05, 3.63) is 77.6 Å². The average molecular weight is 387 g/mol. The number of pyridine rings is 1. The Balaban J connectivity index is 1.23. The third kappa shape index (κ3) is 4.20. The van der Waals surface area contributed by atoms with Gasteiger partial charge in [0.25, 0.3) is 11.8 Å². The molecule has 0 saturated heterocycles. The highest BCUT2D eigenvalue weighted by Crippen LogP contribution is 2.30. The van der Waals surface area contributed by atoms with Crippen molar-refractivity contribution >= 4 is 22.6 Å². The molecule has 1 N–H and O–H groups in total. The number of hydrogen-bond acceptors (Lipinski definition) is 4. The molecule has 2 heterocycles. The Bertz CT molecular complexity index is 966. The second kappa shape index (κ2) is 8.97. The number of nitrogens with zero attached hydrogens (tertiary/aromatic N) is 2. The van der Waals surface area contributed by atoms with E-state index in [1.165, 1.54) is 4.90 Å². The number of carbonyl (C=O) groups is 2. The molecule has 1 aliphatic rings. The maximum Gasteiger partial charge on any atom is 0.261 e. The largest absolute Gasteiger partial charge is 0.311 e. The Morgan fingerprint density at radius 1 is 0.793 bits per heavy atom. The van der Waals surface area contributed by atoms with E-state index in [0.717, 1.165) is 55.2 Å². The molecule has 2 amide bonds. The minimum absolute atomic E-state index is 0.170. The highest BCUT2D eigenvalue weighted by molar-refractivity contribution is 6.25. The summed E-state index contributed by atoms with van der Waals surface area (Å²) in [5.74, 6) is -0.340. The number of nitrogens with one attached hydrogen (secondary N) is 1. The first-order valence-corrected chi connectivity index (χ1v) is 10.2. The molecular formula is C24H25N3O2. The van der Waals surface area contributed by atoms with E-state index < -0.39 is 0 Å². The maximum absolute atomic E-state index is 12.8. The fourth-order valence-corrected chi connectivity index (χ4v) is 3.88. The van der Waals surface area contributed by atoms with Crippen LogP contribution in [-0.2, 0) is 6.54 Å². The van der Waals surface area contributed by atoms with Crippen LogP contribution in [0.2, 0.25) is 0 Å². The lowest BCUT2D eigenvalue weighted by atomic mass is 9.94. The third-order valence-electron chi connectivity index (χ3n) is 5.37. The first-order chi connectivity index (χ1) is 14.3. The molecule has 3 aromatic rings. The van der Waals surface area contributed by atoms with Crippen LogP contribution in [0.5, 0.6) is 0 Å². The molecule has 5 nitrogen and oxygen atoms in total. The van der Waals surface area contributed by atoms with Crippen LogP contribution in [0.1, 0.15) is 52.1 Å². The first-order valence-electron chi connectivity index (χ1n) is 10.2. The zero-order chi connectivity index (χ0) is 20.1. The molecule has 2 aromatic carbocycles. The molecule has 5 heteroatoms. The molecule has 0 atom stereocenters. The summed E-state index contributed by atoms with van der Waals surface area (Å²) in [5.41, 5.74) is 2.32. The van der Waals surface area contributed by atoms with Crippen molar-refractivity contribution in [3.8, 4) is 0 Å². The zero-order valence-electron chi connectivity index (χ0n) is 16.4. The Labute approximate surface area is 170 Å². The van der Waals surface area contributed by atoms with Gasteiger partial charge >= 0.3 is 0 Å². The van der Waals surface area contributed by atoms with Gasteiger partial charge in [0.2, 0.25) is 0 Å². The molecule has 0 bridgehead atoms. The van der Waals surface area contributed by atoms with Gasteiger partial charge in [0.1, 0.15) is 0 Å². The van der Waals surface area contributed by atoms with E-state index in [-0.39, 0.29) is 11.8 Å². The molecule has 29 heavy (non-hydrogen) atoms. The van der Waals surface area contributed by atoms with Gasteiger partial charge in [0, 0.05) is 35.8 Å². The lowest BCUT2D eigenvalue weighted by Gasteiger charge is -2.27. The second-order valence-corrected chi connectivity index (χ2v) is 7.38. The van der Waals surface area contributed by atoms with Crippen LogP contribution in [0.3, 0.4) is 0 Å². The number of imide groups is 1. The Hall–Kier alpha value is -3.05.